The van der Waals surface area contributed by atoms with Crippen molar-refractivity contribution >= 4 is 46.4 Å². The molecule has 4 aromatic heterocycles. The van der Waals surface area contributed by atoms with Gasteiger partial charge in [0.1, 0.15) is 0 Å². The fraction of sp³-hybridized carbons (Fsp3) is 0.145. The number of hydrogen-bond acceptors (Lipinski definition) is 4. The third-order valence-electron chi connectivity index (χ3n) is 10.9. The molecule has 315 valence electrons. The van der Waals surface area contributed by atoms with Crippen LogP contribution in [0.2, 0.25) is 19.6 Å². The molecule has 1 radical (unpaired) electrons. The Morgan fingerprint density at radius 2 is 1.44 bits per heavy atom. The second-order valence-corrected chi connectivity index (χ2v) is 22.3. The molecule has 0 aliphatic rings. The number of hydrogen-bond donors (Lipinski definition) is 0. The Morgan fingerprint density at radius 3 is 2.11 bits per heavy atom. The van der Waals surface area contributed by atoms with Crippen LogP contribution < -0.4 is 5.19 Å². The number of pyridine rings is 2. The molecule has 10 rings (SSSR count). The zero-order valence-corrected chi connectivity index (χ0v) is 39.1. The Morgan fingerprint density at radius 1 is 0.762 bits per heavy atom. The van der Waals surface area contributed by atoms with E-state index in [0.717, 1.165) is 38.8 Å². The first kappa shape index (κ1) is 36.2. The number of benzene rings is 6. The molecule has 0 atom stereocenters. The van der Waals surface area contributed by atoms with Gasteiger partial charge in [0.15, 0.2) is 0 Å². The van der Waals surface area contributed by atoms with Gasteiger partial charge in [-0.05, 0) is 75.3 Å². The molecule has 10 aromatic rings. The van der Waals surface area contributed by atoms with E-state index in [1.807, 2.05) is 50.0 Å². The summed E-state index contributed by atoms with van der Waals surface area (Å²) in [5.41, 5.74) is 10.8. The van der Waals surface area contributed by atoms with Gasteiger partial charge in [0.05, 0.1) is 34.6 Å². The van der Waals surface area contributed by atoms with Gasteiger partial charge in [-0.25, -0.2) is 0 Å². The van der Waals surface area contributed by atoms with Crippen LogP contribution in [0.1, 0.15) is 40.1 Å². The maximum atomic E-state index is 14.1. The maximum Gasteiger partial charge on any atom is 0.218 e. The van der Waals surface area contributed by atoms with Gasteiger partial charge < -0.3 is 14.0 Å². The number of imidazole rings is 1. The molecule has 0 bridgehead atoms. The number of para-hydroxylation sites is 2. The molecule has 0 amide bonds. The molecule has 63 heavy (non-hydrogen) atoms. The van der Waals surface area contributed by atoms with E-state index < -0.39 is 14.0 Å². The Hall–Kier alpha value is -6.31. The fourth-order valence-corrected chi connectivity index (χ4v) is 8.38. The molecule has 6 aromatic carbocycles. The molecule has 0 saturated heterocycles. The number of fused-ring (bicyclic) bond motifs is 4. The summed E-state index contributed by atoms with van der Waals surface area (Å²) in [6, 6.07) is 47.5. The Balaban J connectivity index is 0.000000236. The first-order valence-electron chi connectivity index (χ1n) is 23.5. The molecule has 0 spiro atoms. The number of aromatic nitrogens is 4. The molecule has 0 fully saturated rings. The van der Waals surface area contributed by atoms with Crippen molar-refractivity contribution in [2.45, 2.75) is 52.4 Å². The minimum absolute atomic E-state index is 0. The number of nitrogens with zero attached hydrogens (tertiary/aromatic N) is 4. The van der Waals surface area contributed by atoms with Crippen LogP contribution in [0.4, 0.5) is 4.39 Å². The van der Waals surface area contributed by atoms with Gasteiger partial charge in [0.25, 0.3) is 0 Å². The first-order chi connectivity index (χ1) is 32.4. The van der Waals surface area contributed by atoms with Crippen LogP contribution in [0.25, 0.3) is 78.0 Å². The number of rotatable bonds is 7. The summed E-state index contributed by atoms with van der Waals surface area (Å²) in [4.78, 5) is 13.3. The largest absolute Gasteiger partial charge is 0.486 e. The van der Waals surface area contributed by atoms with Crippen LogP contribution >= 0.6 is 0 Å². The molecule has 5 nitrogen and oxygen atoms in total. The van der Waals surface area contributed by atoms with Crippen molar-refractivity contribution in [3.63, 3.8) is 0 Å². The molecule has 0 saturated carbocycles. The molecule has 0 aliphatic heterocycles. The molecule has 0 N–H and O–H groups in total. The average Bonchev–Trinajstić information content (AvgIpc) is 3.87. The van der Waals surface area contributed by atoms with E-state index in [-0.39, 0.29) is 78.9 Å². The van der Waals surface area contributed by atoms with Crippen molar-refractivity contribution in [2.75, 3.05) is 0 Å². The van der Waals surface area contributed by atoms with Crippen molar-refractivity contribution in [1.29, 1.82) is 0 Å². The van der Waals surface area contributed by atoms with E-state index in [4.69, 9.17) is 17.6 Å². The number of halogens is 1. The second kappa shape index (κ2) is 17.8. The van der Waals surface area contributed by atoms with Crippen molar-refractivity contribution in [1.82, 2.24) is 19.5 Å². The molecule has 4 heterocycles. The van der Waals surface area contributed by atoms with Crippen LogP contribution in [0.3, 0.4) is 0 Å². The molecular formula is C55H47FIrN4OSi-2. The van der Waals surface area contributed by atoms with Crippen LogP contribution in [-0.2, 0) is 32.1 Å². The van der Waals surface area contributed by atoms with Gasteiger partial charge in [0, 0.05) is 41.0 Å². The molecule has 8 heteroatoms. The van der Waals surface area contributed by atoms with E-state index in [9.17, 15) is 4.39 Å². The van der Waals surface area contributed by atoms with E-state index in [1.54, 1.807) is 6.07 Å². The second-order valence-electron chi connectivity index (χ2n) is 17.3. The van der Waals surface area contributed by atoms with Crippen LogP contribution in [-0.4, -0.2) is 27.6 Å². The number of furan rings is 1. The summed E-state index contributed by atoms with van der Waals surface area (Å²) in [6.45, 7) is 13.3. The normalized spacial score (nSPS) is 13.0. The summed E-state index contributed by atoms with van der Waals surface area (Å²) in [7, 11) is -1.98. The minimum atomic E-state index is -1.98. The van der Waals surface area contributed by atoms with Crippen molar-refractivity contribution in [3.8, 4) is 44.9 Å². The summed E-state index contributed by atoms with van der Waals surface area (Å²) >= 11 is 0. The Labute approximate surface area is 391 Å². The predicted molar refractivity (Wildman–Crippen MR) is 256 cm³/mol. The van der Waals surface area contributed by atoms with Gasteiger partial charge in [0.2, 0.25) is 11.7 Å². The smallest absolute Gasteiger partial charge is 0.218 e. The SMILES string of the molecule is CC(C)(C)c1cc(-c2ccccc2)c(Cn2c(-c3[c-]ccc4c3oc3nc(F)ccc34)nc3ccccc32)c(-c2ccccc2)c1.[2H]c1[c-]c(-c2nc([2H])c([Si](C)(C)C)c([2H])c2[2H])cc([2H])c1[2H].[Ir]. The quantitative estimate of drug-likeness (QED) is 0.0907. The van der Waals surface area contributed by atoms with Gasteiger partial charge in [-0.15, -0.1) is 54.0 Å². The standard InChI is InChI=1S/C41H31FN3O.C14H16NSi.Ir/c1-41(2,3)28-23-32(26-13-6-4-7-14-26)34(33(24-28)27-15-8-5-9-16-27)25-45-36-20-11-10-19-35(36)43-39(45)31-18-12-17-29-30-21-22-37(42)44-40(30)46-38(29)31;1-16(2,3)13-9-10-14(15-11-13)12-7-5-4-6-8-12;/h4-17,19-24H,25H2,1-3H3;4-7,9-11H,1-3H3;/q2*-1;/i;4D,5D,6D,9D,10D,11D;. The first-order valence-corrected chi connectivity index (χ1v) is 24.0. The third kappa shape index (κ3) is 8.98. The van der Waals surface area contributed by atoms with Crippen LogP contribution in [0.5, 0.6) is 0 Å². The van der Waals surface area contributed by atoms with E-state index in [1.165, 1.54) is 34.4 Å². The van der Waals surface area contributed by atoms with Crippen molar-refractivity contribution < 1.29 is 37.1 Å². The Kier molecular flexibility index (Phi) is 10.2. The van der Waals surface area contributed by atoms with Crippen molar-refractivity contribution in [3.05, 3.63) is 193 Å². The summed E-state index contributed by atoms with van der Waals surface area (Å²) in [5.74, 6) is 0.147. The van der Waals surface area contributed by atoms with Gasteiger partial charge in [-0.2, -0.15) is 9.37 Å². The van der Waals surface area contributed by atoms with E-state index in [0.29, 0.717) is 22.9 Å². The van der Waals surface area contributed by atoms with Gasteiger partial charge >= 0.3 is 0 Å². The Bertz CT molecular complexity index is 3470. The van der Waals surface area contributed by atoms with Gasteiger partial charge in [-0.3, -0.25) is 4.98 Å². The van der Waals surface area contributed by atoms with E-state index >= 15 is 0 Å². The van der Waals surface area contributed by atoms with Crippen molar-refractivity contribution in [2.24, 2.45) is 0 Å². The summed E-state index contributed by atoms with van der Waals surface area (Å²) in [6.07, 6.45) is -0.0309. The summed E-state index contributed by atoms with van der Waals surface area (Å²) in [5, 5.41) is 2.12. The minimum Gasteiger partial charge on any atom is -0.486 e. The summed E-state index contributed by atoms with van der Waals surface area (Å²) < 4.78 is 69.8. The monoisotopic (exact) mass is 1030 g/mol. The van der Waals surface area contributed by atoms with E-state index in [2.05, 4.69) is 126 Å². The maximum absolute atomic E-state index is 14.1. The average molecular weight is 1030 g/mol. The van der Waals surface area contributed by atoms with Crippen LogP contribution in [0.15, 0.2) is 168 Å². The van der Waals surface area contributed by atoms with Gasteiger partial charge in [-0.1, -0.05) is 148 Å². The zero-order chi connectivity index (χ0) is 48.2. The zero-order valence-electron chi connectivity index (χ0n) is 41.7. The van der Waals surface area contributed by atoms with Crippen LogP contribution in [0, 0.1) is 18.1 Å². The third-order valence-corrected chi connectivity index (χ3v) is 12.6. The predicted octanol–water partition coefficient (Wildman–Crippen LogP) is 13.7. The molecular weight excluding hydrogens is 972 g/mol. The molecule has 0 unspecified atom stereocenters. The molecule has 0 aliphatic carbocycles. The topological polar surface area (TPSA) is 56.7 Å². The fourth-order valence-electron chi connectivity index (χ4n) is 7.55.